The van der Waals surface area contributed by atoms with Gasteiger partial charge < -0.3 is 5.73 Å². The topological polar surface area (TPSA) is 26.0 Å². The van der Waals surface area contributed by atoms with E-state index in [1.165, 1.54) is 26.9 Å². The van der Waals surface area contributed by atoms with Gasteiger partial charge in [-0.2, -0.15) is 0 Å². The van der Waals surface area contributed by atoms with Gasteiger partial charge in [-0.3, -0.25) is 0 Å². The summed E-state index contributed by atoms with van der Waals surface area (Å²) in [5.74, 6) is 0. The zero-order chi connectivity index (χ0) is 13.1. The molecule has 1 unspecified atom stereocenters. The SMILES string of the molecule is NCc1ccccc1Pc1cccc2ccccc12. The van der Waals surface area contributed by atoms with Crippen LogP contribution in [0.4, 0.5) is 0 Å². The van der Waals surface area contributed by atoms with Crippen LogP contribution >= 0.6 is 8.58 Å². The van der Waals surface area contributed by atoms with Crippen LogP contribution in [0.2, 0.25) is 0 Å². The molecule has 0 aliphatic heterocycles. The molecule has 0 spiro atoms. The van der Waals surface area contributed by atoms with Crippen LogP contribution in [0.1, 0.15) is 5.56 Å². The summed E-state index contributed by atoms with van der Waals surface area (Å²) in [5.41, 5.74) is 7.07. The van der Waals surface area contributed by atoms with Crippen LogP contribution < -0.4 is 16.3 Å². The fourth-order valence-electron chi connectivity index (χ4n) is 2.30. The summed E-state index contributed by atoms with van der Waals surface area (Å²) >= 11 is 0. The predicted molar refractivity (Wildman–Crippen MR) is 85.9 cm³/mol. The largest absolute Gasteiger partial charge is 0.326 e. The van der Waals surface area contributed by atoms with E-state index in [2.05, 4.69) is 66.7 Å². The first-order valence-corrected chi connectivity index (χ1v) is 7.41. The van der Waals surface area contributed by atoms with Gasteiger partial charge in [-0.25, -0.2) is 0 Å². The van der Waals surface area contributed by atoms with Crippen molar-refractivity contribution in [1.29, 1.82) is 0 Å². The third-order valence-corrected chi connectivity index (χ3v) is 4.76. The first-order valence-electron chi connectivity index (χ1n) is 6.41. The molecule has 2 heteroatoms. The Kier molecular flexibility index (Phi) is 3.59. The van der Waals surface area contributed by atoms with Crippen molar-refractivity contribution in [2.45, 2.75) is 6.54 Å². The molecule has 3 aromatic carbocycles. The van der Waals surface area contributed by atoms with E-state index in [0.29, 0.717) is 15.1 Å². The van der Waals surface area contributed by atoms with Gasteiger partial charge in [0, 0.05) is 6.54 Å². The Morgan fingerprint density at radius 1 is 0.737 bits per heavy atom. The van der Waals surface area contributed by atoms with Crippen LogP contribution in [-0.2, 0) is 6.54 Å². The molecule has 0 fully saturated rings. The standard InChI is InChI=1S/C17H16NP/c18-12-14-7-2-4-10-16(14)19-17-11-5-8-13-6-1-3-9-15(13)17/h1-11,19H,12,18H2. The number of rotatable bonds is 3. The highest BCUT2D eigenvalue weighted by molar-refractivity contribution is 7.56. The quantitative estimate of drug-likeness (QED) is 0.724. The molecule has 94 valence electrons. The minimum atomic E-state index is 0.605. The van der Waals surface area contributed by atoms with Gasteiger partial charge in [-0.15, -0.1) is 0 Å². The fraction of sp³-hybridized carbons (Fsp3) is 0.0588. The lowest BCUT2D eigenvalue weighted by molar-refractivity contribution is 1.08. The molecule has 1 nitrogen and oxygen atoms in total. The Morgan fingerprint density at radius 2 is 1.42 bits per heavy atom. The summed E-state index contributed by atoms with van der Waals surface area (Å²) in [6.07, 6.45) is 0. The Hall–Kier alpha value is -1.69. The Labute approximate surface area is 115 Å². The lowest BCUT2D eigenvalue weighted by Crippen LogP contribution is -2.12. The van der Waals surface area contributed by atoms with Crippen molar-refractivity contribution in [3.63, 3.8) is 0 Å². The summed E-state index contributed by atoms with van der Waals surface area (Å²) in [6.45, 7) is 0.605. The lowest BCUT2D eigenvalue weighted by Gasteiger charge is -2.10. The molecule has 0 amide bonds. The molecule has 0 radical (unpaired) electrons. The van der Waals surface area contributed by atoms with Gasteiger partial charge in [-0.05, 0) is 26.9 Å². The minimum absolute atomic E-state index is 0.605. The number of nitrogens with two attached hydrogens (primary N) is 1. The van der Waals surface area contributed by atoms with Gasteiger partial charge in [-0.1, -0.05) is 75.3 Å². The number of hydrogen-bond donors (Lipinski definition) is 1. The summed E-state index contributed by atoms with van der Waals surface area (Å²) in [5, 5.41) is 5.38. The molecule has 1 atom stereocenters. The van der Waals surface area contributed by atoms with Gasteiger partial charge in [0.25, 0.3) is 0 Å². The summed E-state index contributed by atoms with van der Waals surface area (Å²) in [4.78, 5) is 0. The third kappa shape index (κ3) is 2.53. The first-order chi connectivity index (χ1) is 9.38. The van der Waals surface area contributed by atoms with E-state index in [1.54, 1.807) is 0 Å². The highest BCUT2D eigenvalue weighted by Crippen LogP contribution is 2.20. The Morgan fingerprint density at radius 3 is 2.32 bits per heavy atom. The van der Waals surface area contributed by atoms with E-state index in [4.69, 9.17) is 5.73 Å². The highest BCUT2D eigenvalue weighted by atomic mass is 31.1. The molecule has 3 aromatic rings. The monoisotopic (exact) mass is 265 g/mol. The normalized spacial score (nSPS) is 11.4. The molecule has 19 heavy (non-hydrogen) atoms. The fourth-order valence-corrected chi connectivity index (χ4v) is 3.66. The Balaban J connectivity index is 2.06. The van der Waals surface area contributed by atoms with Crippen molar-refractivity contribution in [2.75, 3.05) is 0 Å². The zero-order valence-corrected chi connectivity index (χ0v) is 11.6. The first kappa shape index (κ1) is 12.3. The van der Waals surface area contributed by atoms with E-state index < -0.39 is 0 Å². The second kappa shape index (κ2) is 5.52. The summed E-state index contributed by atoms with van der Waals surface area (Å²) in [6, 6.07) is 23.5. The molecule has 0 saturated carbocycles. The molecule has 0 saturated heterocycles. The maximum atomic E-state index is 5.82. The number of benzene rings is 3. The third-order valence-electron chi connectivity index (χ3n) is 3.30. The van der Waals surface area contributed by atoms with E-state index in [9.17, 15) is 0 Å². The number of hydrogen-bond acceptors (Lipinski definition) is 1. The second-order valence-corrected chi connectivity index (χ2v) is 5.84. The van der Waals surface area contributed by atoms with Crippen LogP contribution in [0, 0.1) is 0 Å². The Bertz CT molecular complexity index is 701. The highest BCUT2D eigenvalue weighted by Gasteiger charge is 2.04. The second-order valence-electron chi connectivity index (χ2n) is 4.51. The van der Waals surface area contributed by atoms with E-state index in [0.717, 1.165) is 0 Å². The lowest BCUT2D eigenvalue weighted by atomic mass is 10.1. The summed E-state index contributed by atoms with van der Waals surface area (Å²) < 4.78 is 0. The molecule has 3 rings (SSSR count). The van der Waals surface area contributed by atoms with Crippen LogP contribution in [-0.4, -0.2) is 0 Å². The average molecular weight is 265 g/mol. The molecule has 0 aromatic heterocycles. The number of fused-ring (bicyclic) bond motifs is 1. The van der Waals surface area contributed by atoms with Crippen molar-refractivity contribution in [1.82, 2.24) is 0 Å². The molecule has 2 N–H and O–H groups in total. The molecular formula is C17H16NP. The molecule has 0 aliphatic rings. The van der Waals surface area contributed by atoms with Crippen LogP contribution in [0.5, 0.6) is 0 Å². The van der Waals surface area contributed by atoms with Crippen LogP contribution in [0.25, 0.3) is 10.8 Å². The van der Waals surface area contributed by atoms with Gasteiger partial charge >= 0.3 is 0 Å². The van der Waals surface area contributed by atoms with Crippen molar-refractivity contribution in [2.24, 2.45) is 5.73 Å². The summed E-state index contributed by atoms with van der Waals surface area (Å²) in [7, 11) is 0.656. The average Bonchev–Trinajstić information content (AvgIpc) is 2.48. The minimum Gasteiger partial charge on any atom is -0.326 e. The van der Waals surface area contributed by atoms with E-state index in [-0.39, 0.29) is 0 Å². The van der Waals surface area contributed by atoms with Gasteiger partial charge in [0.15, 0.2) is 0 Å². The zero-order valence-electron chi connectivity index (χ0n) is 10.6. The van der Waals surface area contributed by atoms with Gasteiger partial charge in [0.05, 0.1) is 0 Å². The van der Waals surface area contributed by atoms with E-state index >= 15 is 0 Å². The maximum absolute atomic E-state index is 5.82. The predicted octanol–water partition coefficient (Wildman–Crippen LogP) is 2.93. The maximum Gasteiger partial charge on any atom is 0.0184 e. The van der Waals surface area contributed by atoms with Crippen molar-refractivity contribution < 1.29 is 0 Å². The van der Waals surface area contributed by atoms with Gasteiger partial charge in [0.2, 0.25) is 0 Å². The van der Waals surface area contributed by atoms with E-state index in [1.807, 2.05) is 0 Å². The molecular weight excluding hydrogens is 249 g/mol. The van der Waals surface area contributed by atoms with Crippen molar-refractivity contribution in [3.8, 4) is 0 Å². The van der Waals surface area contributed by atoms with Crippen molar-refractivity contribution >= 4 is 30.0 Å². The molecule has 0 heterocycles. The van der Waals surface area contributed by atoms with Gasteiger partial charge in [0.1, 0.15) is 0 Å². The molecule has 0 bridgehead atoms. The smallest absolute Gasteiger partial charge is 0.0184 e. The van der Waals surface area contributed by atoms with Crippen LogP contribution in [0.3, 0.4) is 0 Å². The van der Waals surface area contributed by atoms with Crippen molar-refractivity contribution in [3.05, 3.63) is 72.3 Å². The van der Waals surface area contributed by atoms with Crippen LogP contribution in [0.15, 0.2) is 66.7 Å². The molecule has 0 aliphatic carbocycles.